The highest BCUT2D eigenvalue weighted by atomic mass is 79.9. The predicted molar refractivity (Wildman–Crippen MR) is 63.1 cm³/mol. The highest BCUT2D eigenvalue weighted by Crippen LogP contribution is 2.17. The molecule has 0 bridgehead atoms. The summed E-state index contributed by atoms with van der Waals surface area (Å²) in [5.74, 6) is -0.146. The van der Waals surface area contributed by atoms with Crippen LogP contribution in [-0.4, -0.2) is 25.8 Å². The fourth-order valence-electron chi connectivity index (χ4n) is 0.986. The number of nitrogens with one attached hydrogen (secondary N) is 1. The number of aryl methyl sites for hydroxylation is 1. The Morgan fingerprint density at radius 1 is 1.67 bits per heavy atom. The van der Waals surface area contributed by atoms with E-state index >= 15 is 0 Å². The lowest BCUT2D eigenvalue weighted by molar-refractivity contribution is 0.0909. The molecule has 1 atom stereocenters. The molecular weight excluding hydrogens is 258 g/mol. The van der Waals surface area contributed by atoms with Crippen LogP contribution in [0.5, 0.6) is 0 Å². The molecule has 1 aromatic rings. The summed E-state index contributed by atoms with van der Waals surface area (Å²) in [7, 11) is 1.84. The fourth-order valence-corrected chi connectivity index (χ4v) is 1.10. The lowest BCUT2D eigenvalue weighted by Crippen LogP contribution is -2.48. The van der Waals surface area contributed by atoms with Gasteiger partial charge in [0.1, 0.15) is 5.69 Å². The van der Waals surface area contributed by atoms with Crippen molar-refractivity contribution < 1.29 is 4.79 Å². The average Bonchev–Trinajstić information content (AvgIpc) is 2.50. The first-order chi connectivity index (χ1) is 6.83. The predicted octanol–water partition coefficient (Wildman–Crippen LogP) is 1.71. The van der Waals surface area contributed by atoms with Crippen molar-refractivity contribution >= 4 is 21.8 Å². The molecule has 84 valence electrons. The van der Waals surface area contributed by atoms with Crippen molar-refractivity contribution in [3.8, 4) is 0 Å². The zero-order chi connectivity index (χ0) is 11.6. The monoisotopic (exact) mass is 273 g/mol. The lowest BCUT2D eigenvalue weighted by Gasteiger charge is -2.28. The maximum atomic E-state index is 11.8. The first-order valence-electron chi connectivity index (χ1n) is 4.77. The SMILES string of the molecule is CC(Br)C(C)(C)NC(=O)c1cn(C)cn1. The van der Waals surface area contributed by atoms with Crippen LogP contribution in [0.4, 0.5) is 0 Å². The van der Waals surface area contributed by atoms with Gasteiger partial charge in [0, 0.05) is 23.6 Å². The number of hydrogen-bond acceptors (Lipinski definition) is 2. The standard InChI is InChI=1S/C10H16BrN3O/c1-7(11)10(2,3)13-9(15)8-5-14(4)6-12-8/h5-7H,1-4H3,(H,13,15). The van der Waals surface area contributed by atoms with Crippen molar-refractivity contribution in [3.05, 3.63) is 18.2 Å². The van der Waals surface area contributed by atoms with Gasteiger partial charge in [-0.15, -0.1) is 0 Å². The van der Waals surface area contributed by atoms with E-state index in [2.05, 4.69) is 26.2 Å². The molecule has 0 aromatic carbocycles. The Morgan fingerprint density at radius 3 is 2.67 bits per heavy atom. The van der Waals surface area contributed by atoms with Crippen LogP contribution < -0.4 is 5.32 Å². The number of rotatable bonds is 3. The summed E-state index contributed by atoms with van der Waals surface area (Å²) >= 11 is 3.46. The quantitative estimate of drug-likeness (QED) is 0.853. The van der Waals surface area contributed by atoms with Gasteiger partial charge in [0.25, 0.3) is 5.91 Å². The van der Waals surface area contributed by atoms with Crippen LogP contribution >= 0.6 is 15.9 Å². The van der Waals surface area contributed by atoms with E-state index in [0.29, 0.717) is 5.69 Å². The third-order valence-corrected chi connectivity index (χ3v) is 3.51. The first-order valence-corrected chi connectivity index (χ1v) is 5.69. The number of aromatic nitrogens is 2. The second-order valence-corrected chi connectivity index (χ2v) is 5.59. The summed E-state index contributed by atoms with van der Waals surface area (Å²) in [6.07, 6.45) is 3.31. The minimum Gasteiger partial charge on any atom is -0.345 e. The van der Waals surface area contributed by atoms with Gasteiger partial charge in [-0.05, 0) is 13.8 Å². The summed E-state index contributed by atoms with van der Waals surface area (Å²) < 4.78 is 1.75. The zero-order valence-corrected chi connectivity index (χ0v) is 11.0. The van der Waals surface area contributed by atoms with Crippen molar-refractivity contribution in [2.75, 3.05) is 0 Å². The molecule has 0 aliphatic carbocycles. The van der Waals surface area contributed by atoms with E-state index in [1.165, 1.54) is 0 Å². The number of amides is 1. The molecule has 0 aliphatic heterocycles. The summed E-state index contributed by atoms with van der Waals surface area (Å²) in [6.45, 7) is 5.93. The fraction of sp³-hybridized carbons (Fsp3) is 0.600. The summed E-state index contributed by atoms with van der Waals surface area (Å²) in [4.78, 5) is 16.0. The van der Waals surface area contributed by atoms with Gasteiger partial charge < -0.3 is 9.88 Å². The number of nitrogens with zero attached hydrogens (tertiary/aromatic N) is 2. The molecular formula is C10H16BrN3O. The van der Waals surface area contributed by atoms with Crippen molar-refractivity contribution in [2.45, 2.75) is 31.1 Å². The summed E-state index contributed by atoms with van der Waals surface area (Å²) in [5.41, 5.74) is 0.146. The van der Waals surface area contributed by atoms with Crippen LogP contribution in [-0.2, 0) is 7.05 Å². The Morgan fingerprint density at radius 2 is 2.27 bits per heavy atom. The minimum atomic E-state index is -0.297. The Kier molecular flexibility index (Phi) is 3.54. The molecule has 1 rings (SSSR count). The molecule has 0 saturated carbocycles. The lowest BCUT2D eigenvalue weighted by atomic mass is 10.0. The molecule has 5 heteroatoms. The Hall–Kier alpha value is -0.840. The van der Waals surface area contributed by atoms with Crippen molar-refractivity contribution in [1.29, 1.82) is 0 Å². The largest absolute Gasteiger partial charge is 0.345 e. The summed E-state index contributed by atoms with van der Waals surface area (Å²) in [5, 5.41) is 2.92. The molecule has 4 nitrogen and oxygen atoms in total. The molecule has 1 aromatic heterocycles. The molecule has 1 N–H and O–H groups in total. The molecule has 0 aliphatic rings. The minimum absolute atomic E-state index is 0.146. The van der Waals surface area contributed by atoms with E-state index in [1.54, 1.807) is 17.1 Å². The van der Waals surface area contributed by atoms with E-state index in [0.717, 1.165) is 0 Å². The zero-order valence-electron chi connectivity index (χ0n) is 9.41. The van der Waals surface area contributed by atoms with Crippen molar-refractivity contribution in [2.24, 2.45) is 7.05 Å². The second-order valence-electron chi connectivity index (χ2n) is 4.22. The number of carbonyl (C=O) groups excluding carboxylic acids is 1. The first kappa shape index (κ1) is 12.2. The third kappa shape index (κ3) is 3.06. The van der Waals surface area contributed by atoms with Crippen LogP contribution in [0.3, 0.4) is 0 Å². The number of halogens is 1. The number of hydrogen-bond donors (Lipinski definition) is 1. The van der Waals surface area contributed by atoms with Crippen LogP contribution in [0.1, 0.15) is 31.3 Å². The van der Waals surface area contributed by atoms with E-state index in [1.807, 2.05) is 27.8 Å². The van der Waals surface area contributed by atoms with Crippen LogP contribution in [0.25, 0.3) is 0 Å². The summed E-state index contributed by atoms with van der Waals surface area (Å²) in [6, 6.07) is 0. The third-order valence-electron chi connectivity index (χ3n) is 2.37. The Labute approximate surface area is 98.2 Å². The van der Waals surface area contributed by atoms with E-state index < -0.39 is 0 Å². The highest BCUT2D eigenvalue weighted by Gasteiger charge is 2.26. The normalized spacial score (nSPS) is 13.7. The average molecular weight is 274 g/mol. The van der Waals surface area contributed by atoms with Gasteiger partial charge in [-0.25, -0.2) is 4.98 Å². The molecule has 0 spiro atoms. The molecule has 1 amide bonds. The maximum absolute atomic E-state index is 11.8. The van der Waals surface area contributed by atoms with Gasteiger partial charge in [0.2, 0.25) is 0 Å². The van der Waals surface area contributed by atoms with E-state index in [-0.39, 0.29) is 16.3 Å². The highest BCUT2D eigenvalue weighted by molar-refractivity contribution is 9.09. The molecule has 1 unspecified atom stereocenters. The van der Waals surface area contributed by atoms with Crippen LogP contribution in [0, 0.1) is 0 Å². The van der Waals surface area contributed by atoms with Crippen molar-refractivity contribution in [1.82, 2.24) is 14.9 Å². The van der Waals surface area contributed by atoms with Gasteiger partial charge in [0.05, 0.1) is 6.33 Å². The van der Waals surface area contributed by atoms with Gasteiger partial charge >= 0.3 is 0 Å². The maximum Gasteiger partial charge on any atom is 0.271 e. The second kappa shape index (κ2) is 4.35. The Bertz CT molecular complexity index is 357. The van der Waals surface area contributed by atoms with Gasteiger partial charge in [-0.2, -0.15) is 0 Å². The molecule has 0 saturated heterocycles. The molecule has 0 radical (unpaired) electrons. The molecule has 1 heterocycles. The van der Waals surface area contributed by atoms with Gasteiger partial charge in [0.15, 0.2) is 0 Å². The van der Waals surface area contributed by atoms with Gasteiger partial charge in [-0.1, -0.05) is 22.9 Å². The molecule has 0 fully saturated rings. The van der Waals surface area contributed by atoms with Crippen molar-refractivity contribution in [3.63, 3.8) is 0 Å². The Balaban J connectivity index is 2.72. The molecule has 15 heavy (non-hydrogen) atoms. The van der Waals surface area contributed by atoms with Gasteiger partial charge in [-0.3, -0.25) is 4.79 Å². The van der Waals surface area contributed by atoms with Crippen LogP contribution in [0.15, 0.2) is 12.5 Å². The van der Waals surface area contributed by atoms with E-state index in [9.17, 15) is 4.79 Å². The topological polar surface area (TPSA) is 46.9 Å². The van der Waals surface area contributed by atoms with E-state index in [4.69, 9.17) is 0 Å². The van der Waals surface area contributed by atoms with Crippen LogP contribution in [0.2, 0.25) is 0 Å². The number of alkyl halides is 1. The smallest absolute Gasteiger partial charge is 0.271 e. The number of carbonyl (C=O) groups is 1. The number of imidazole rings is 1.